The van der Waals surface area contributed by atoms with E-state index in [0.29, 0.717) is 0 Å². The number of rotatable bonds is 5. The molecular formula is C10H12ClFN2O2S. The molecule has 1 atom stereocenters. The summed E-state index contributed by atoms with van der Waals surface area (Å²) in [5.41, 5.74) is -0.0668. The van der Waals surface area contributed by atoms with Crippen molar-refractivity contribution >= 4 is 34.7 Å². The molecule has 1 unspecified atom stereocenters. The van der Waals surface area contributed by atoms with Gasteiger partial charge in [-0.25, -0.2) is 4.39 Å². The molecule has 0 radical (unpaired) electrons. The van der Waals surface area contributed by atoms with E-state index in [1.165, 1.54) is 6.07 Å². The van der Waals surface area contributed by atoms with Gasteiger partial charge in [0, 0.05) is 11.8 Å². The van der Waals surface area contributed by atoms with Gasteiger partial charge in [0.05, 0.1) is 16.0 Å². The van der Waals surface area contributed by atoms with Gasteiger partial charge in [0.1, 0.15) is 11.5 Å². The molecule has 0 aromatic heterocycles. The molecule has 0 aliphatic rings. The number of nitrogens with one attached hydrogen (secondary N) is 1. The summed E-state index contributed by atoms with van der Waals surface area (Å²) in [6.45, 7) is 1.89. The summed E-state index contributed by atoms with van der Waals surface area (Å²) in [5, 5.41) is 13.6. The van der Waals surface area contributed by atoms with Crippen molar-refractivity contribution in [2.24, 2.45) is 0 Å². The summed E-state index contributed by atoms with van der Waals surface area (Å²) < 4.78 is 13.1. The number of hydrogen-bond acceptors (Lipinski definition) is 4. The average molecular weight is 279 g/mol. The van der Waals surface area contributed by atoms with Crippen LogP contribution in [0.2, 0.25) is 5.02 Å². The zero-order valence-corrected chi connectivity index (χ0v) is 10.9. The van der Waals surface area contributed by atoms with Gasteiger partial charge in [-0.1, -0.05) is 11.6 Å². The Morgan fingerprint density at radius 1 is 1.65 bits per heavy atom. The second-order valence-corrected chi connectivity index (χ2v) is 4.86. The number of nitro benzene ring substituents is 1. The SMILES string of the molecule is CSCC(C)Nc1cc(Cl)c(F)cc1[N+](=O)[O-]. The molecule has 0 saturated heterocycles. The highest BCUT2D eigenvalue weighted by Gasteiger charge is 2.18. The standard InChI is InChI=1S/C10H12ClFN2O2S/c1-6(5-17-2)13-9-3-7(11)8(12)4-10(9)14(15)16/h3-4,6,13H,5H2,1-2H3. The first-order chi connectivity index (χ1) is 7.95. The monoisotopic (exact) mass is 278 g/mol. The Labute approximate surface area is 108 Å². The minimum absolute atomic E-state index is 0.0326. The molecule has 0 amide bonds. The lowest BCUT2D eigenvalue weighted by molar-refractivity contribution is -0.384. The topological polar surface area (TPSA) is 55.2 Å². The smallest absolute Gasteiger partial charge is 0.295 e. The van der Waals surface area contributed by atoms with Gasteiger partial charge in [-0.05, 0) is 19.2 Å². The van der Waals surface area contributed by atoms with Gasteiger partial charge in [-0.15, -0.1) is 0 Å². The second-order valence-electron chi connectivity index (χ2n) is 3.54. The van der Waals surface area contributed by atoms with Crippen molar-refractivity contribution in [3.63, 3.8) is 0 Å². The molecule has 0 bridgehead atoms. The molecule has 1 rings (SSSR count). The van der Waals surface area contributed by atoms with E-state index in [-0.39, 0.29) is 22.4 Å². The number of halogens is 2. The summed E-state index contributed by atoms with van der Waals surface area (Å²) in [4.78, 5) is 10.1. The van der Waals surface area contributed by atoms with Crippen molar-refractivity contribution in [3.8, 4) is 0 Å². The van der Waals surface area contributed by atoms with E-state index >= 15 is 0 Å². The maximum absolute atomic E-state index is 13.1. The summed E-state index contributed by atoms with van der Waals surface area (Å²) in [6, 6.07) is 2.10. The van der Waals surface area contributed by atoms with Crippen LogP contribution < -0.4 is 5.32 Å². The summed E-state index contributed by atoms with van der Waals surface area (Å²) >= 11 is 7.22. The van der Waals surface area contributed by atoms with E-state index < -0.39 is 10.7 Å². The summed E-state index contributed by atoms with van der Waals surface area (Å²) in [5.74, 6) is -0.00646. The molecule has 0 aliphatic carbocycles. The highest BCUT2D eigenvalue weighted by molar-refractivity contribution is 7.98. The van der Waals surface area contributed by atoms with Crippen molar-refractivity contribution in [1.29, 1.82) is 0 Å². The third-order valence-corrected chi connectivity index (χ3v) is 3.18. The first-order valence-electron chi connectivity index (χ1n) is 4.84. The van der Waals surface area contributed by atoms with Crippen LogP contribution in [0.25, 0.3) is 0 Å². The molecular weight excluding hydrogens is 267 g/mol. The van der Waals surface area contributed by atoms with Crippen LogP contribution in [-0.2, 0) is 0 Å². The Hall–Kier alpha value is -1.01. The number of hydrogen-bond donors (Lipinski definition) is 1. The number of benzene rings is 1. The maximum Gasteiger partial charge on any atom is 0.295 e. The van der Waals surface area contributed by atoms with Gasteiger partial charge in [0.2, 0.25) is 0 Å². The quantitative estimate of drug-likeness (QED) is 0.661. The lowest BCUT2D eigenvalue weighted by Crippen LogP contribution is -2.18. The summed E-state index contributed by atoms with van der Waals surface area (Å²) in [7, 11) is 0. The highest BCUT2D eigenvalue weighted by atomic mass is 35.5. The fourth-order valence-corrected chi connectivity index (χ4v) is 2.11. The zero-order chi connectivity index (χ0) is 13.0. The molecule has 0 aliphatic heterocycles. The van der Waals surface area contributed by atoms with E-state index in [1.54, 1.807) is 11.8 Å². The van der Waals surface area contributed by atoms with Crippen LogP contribution in [-0.4, -0.2) is 23.0 Å². The van der Waals surface area contributed by atoms with Crippen molar-refractivity contribution in [2.45, 2.75) is 13.0 Å². The van der Waals surface area contributed by atoms with Crippen LogP contribution in [0.4, 0.5) is 15.8 Å². The molecule has 0 heterocycles. The second kappa shape index (κ2) is 6.07. The fourth-order valence-electron chi connectivity index (χ4n) is 1.36. The van der Waals surface area contributed by atoms with Crippen LogP contribution in [0.1, 0.15) is 6.92 Å². The number of thioether (sulfide) groups is 1. The third kappa shape index (κ3) is 3.74. The van der Waals surface area contributed by atoms with Gasteiger partial charge in [0.15, 0.2) is 0 Å². The number of nitrogens with zero attached hydrogens (tertiary/aromatic N) is 1. The molecule has 17 heavy (non-hydrogen) atoms. The van der Waals surface area contributed by atoms with Crippen LogP contribution in [0.3, 0.4) is 0 Å². The van der Waals surface area contributed by atoms with Gasteiger partial charge < -0.3 is 5.32 Å². The first kappa shape index (κ1) is 14.1. The van der Waals surface area contributed by atoms with E-state index in [2.05, 4.69) is 5.32 Å². The number of anilines is 1. The Balaban J connectivity index is 3.04. The Kier molecular flexibility index (Phi) is 5.02. The van der Waals surface area contributed by atoms with Crippen LogP contribution in [0.15, 0.2) is 12.1 Å². The molecule has 94 valence electrons. The van der Waals surface area contributed by atoms with Crippen molar-refractivity contribution in [1.82, 2.24) is 0 Å². The molecule has 0 fully saturated rings. The Bertz CT molecular complexity index is 431. The van der Waals surface area contributed by atoms with E-state index in [1.807, 2.05) is 13.2 Å². The van der Waals surface area contributed by atoms with Crippen molar-refractivity contribution in [2.75, 3.05) is 17.3 Å². The largest absolute Gasteiger partial charge is 0.376 e. The predicted molar refractivity (Wildman–Crippen MR) is 69.5 cm³/mol. The molecule has 1 aromatic rings. The van der Waals surface area contributed by atoms with Crippen molar-refractivity contribution < 1.29 is 9.31 Å². The van der Waals surface area contributed by atoms with Crippen molar-refractivity contribution in [3.05, 3.63) is 33.1 Å². The minimum Gasteiger partial charge on any atom is -0.376 e. The lowest BCUT2D eigenvalue weighted by Gasteiger charge is -2.14. The number of nitro groups is 1. The third-order valence-electron chi connectivity index (χ3n) is 2.05. The Morgan fingerprint density at radius 3 is 2.82 bits per heavy atom. The Morgan fingerprint density at radius 2 is 2.29 bits per heavy atom. The fraction of sp³-hybridized carbons (Fsp3) is 0.400. The minimum atomic E-state index is -0.790. The van der Waals surface area contributed by atoms with E-state index in [0.717, 1.165) is 11.8 Å². The molecule has 1 aromatic carbocycles. The molecule has 4 nitrogen and oxygen atoms in total. The maximum atomic E-state index is 13.1. The first-order valence-corrected chi connectivity index (χ1v) is 6.61. The predicted octanol–water partition coefficient (Wildman–Crippen LogP) is 3.55. The van der Waals surface area contributed by atoms with Crippen LogP contribution in [0.5, 0.6) is 0 Å². The van der Waals surface area contributed by atoms with E-state index in [9.17, 15) is 14.5 Å². The van der Waals surface area contributed by atoms with Crippen LogP contribution >= 0.6 is 23.4 Å². The van der Waals surface area contributed by atoms with Gasteiger partial charge in [0.25, 0.3) is 5.69 Å². The average Bonchev–Trinajstić information content (AvgIpc) is 2.23. The molecule has 0 saturated carbocycles. The molecule has 0 spiro atoms. The summed E-state index contributed by atoms with van der Waals surface area (Å²) in [6.07, 6.45) is 1.93. The van der Waals surface area contributed by atoms with Gasteiger partial charge >= 0.3 is 0 Å². The van der Waals surface area contributed by atoms with Gasteiger partial charge in [-0.2, -0.15) is 11.8 Å². The van der Waals surface area contributed by atoms with Gasteiger partial charge in [-0.3, -0.25) is 10.1 Å². The highest BCUT2D eigenvalue weighted by Crippen LogP contribution is 2.30. The normalized spacial score (nSPS) is 12.2. The van der Waals surface area contributed by atoms with E-state index in [4.69, 9.17) is 11.6 Å². The molecule has 7 heteroatoms. The van der Waals surface area contributed by atoms with Crippen LogP contribution in [0, 0.1) is 15.9 Å². The zero-order valence-electron chi connectivity index (χ0n) is 9.37. The lowest BCUT2D eigenvalue weighted by atomic mass is 10.2. The molecule has 1 N–H and O–H groups in total.